The largest absolute Gasteiger partial charge is 0.457 e. The third kappa shape index (κ3) is 52.3. The van der Waals surface area contributed by atoms with Gasteiger partial charge in [-0.3, -0.25) is 4.79 Å². The van der Waals surface area contributed by atoms with Crippen LogP contribution in [0.25, 0.3) is 0 Å². The fraction of sp³-hybridized carbons (Fsp3) is 0.807. The molecule has 0 saturated heterocycles. The number of rotatable bonds is 50. The standard InChI is InChI=1S/C57H104O4/c1-3-5-7-9-11-13-15-17-19-21-23-25-27-29-30-32-34-36-38-40-42-44-46-48-50-52-57(59)61-56(54-58)55-60-53-51-49-47-45-43-41-39-37-35-33-31-28-26-24-22-20-18-16-14-12-10-8-6-4-2/h15-18,21-24,27,29,56,58H,3-14,19-20,25-26,28,30-55H2,1-2H3/b17-15-,18-16-,23-21-,24-22-,29-27-. The zero-order valence-corrected chi connectivity index (χ0v) is 40.9. The molecule has 0 aromatic rings. The lowest BCUT2D eigenvalue weighted by Gasteiger charge is -2.16. The molecule has 0 aliphatic heterocycles. The Hall–Kier alpha value is -1.91. The summed E-state index contributed by atoms with van der Waals surface area (Å²) in [6.45, 7) is 5.34. The SMILES string of the molecule is CCCCCCC/C=C\C/C=C\C/C=C\CCCCCCCCCCCCC(=O)OC(CO)COCCCCCCCCCCCCCC/C=C\C/C=C\CCCCCCC. The van der Waals surface area contributed by atoms with Crippen molar-refractivity contribution in [1.82, 2.24) is 0 Å². The van der Waals surface area contributed by atoms with Crippen molar-refractivity contribution >= 4 is 5.97 Å². The number of carbonyl (C=O) groups is 1. The molecule has 0 aliphatic rings. The summed E-state index contributed by atoms with van der Waals surface area (Å²) in [5, 5.41) is 9.67. The Morgan fingerprint density at radius 1 is 0.393 bits per heavy atom. The zero-order valence-electron chi connectivity index (χ0n) is 40.9. The molecule has 1 unspecified atom stereocenters. The van der Waals surface area contributed by atoms with Crippen molar-refractivity contribution in [2.45, 2.75) is 277 Å². The van der Waals surface area contributed by atoms with Gasteiger partial charge in [0.05, 0.1) is 13.2 Å². The van der Waals surface area contributed by atoms with E-state index in [-0.39, 0.29) is 12.6 Å². The Labute approximate surface area is 381 Å². The lowest BCUT2D eigenvalue weighted by atomic mass is 10.0. The molecule has 0 rings (SSSR count). The van der Waals surface area contributed by atoms with Crippen LogP contribution in [0.5, 0.6) is 0 Å². The second kappa shape index (κ2) is 54.2. The first-order valence-corrected chi connectivity index (χ1v) is 26.9. The third-order valence-electron chi connectivity index (χ3n) is 11.8. The number of hydrogen-bond acceptors (Lipinski definition) is 4. The monoisotopic (exact) mass is 853 g/mol. The van der Waals surface area contributed by atoms with Crippen molar-refractivity contribution in [2.75, 3.05) is 19.8 Å². The maximum atomic E-state index is 12.3. The van der Waals surface area contributed by atoms with E-state index in [4.69, 9.17) is 9.47 Å². The predicted octanol–water partition coefficient (Wildman–Crippen LogP) is 18.3. The van der Waals surface area contributed by atoms with Crippen LogP contribution in [0.2, 0.25) is 0 Å². The summed E-state index contributed by atoms with van der Waals surface area (Å²) in [5.74, 6) is -0.203. The minimum Gasteiger partial charge on any atom is -0.457 e. The molecule has 0 aliphatic carbocycles. The fourth-order valence-corrected chi connectivity index (χ4v) is 7.78. The summed E-state index contributed by atoms with van der Waals surface area (Å²) in [4.78, 5) is 12.3. The number of hydrogen-bond donors (Lipinski definition) is 1. The minimum atomic E-state index is -0.540. The van der Waals surface area contributed by atoms with Crippen LogP contribution in [0, 0.1) is 0 Å². The highest BCUT2D eigenvalue weighted by Gasteiger charge is 2.13. The minimum absolute atomic E-state index is 0.174. The molecule has 4 heteroatoms. The van der Waals surface area contributed by atoms with Gasteiger partial charge in [-0.15, -0.1) is 0 Å². The van der Waals surface area contributed by atoms with E-state index in [0.29, 0.717) is 19.6 Å². The number of esters is 1. The number of ether oxygens (including phenoxy) is 2. The smallest absolute Gasteiger partial charge is 0.306 e. The molecule has 0 fully saturated rings. The Morgan fingerprint density at radius 2 is 0.689 bits per heavy atom. The highest BCUT2D eigenvalue weighted by Crippen LogP contribution is 2.15. The Bertz CT molecular complexity index is 993. The molecule has 0 radical (unpaired) electrons. The molecule has 0 spiro atoms. The van der Waals surface area contributed by atoms with Gasteiger partial charge in [0.25, 0.3) is 0 Å². The second-order valence-corrected chi connectivity index (χ2v) is 17.9. The summed E-state index contributed by atoms with van der Waals surface area (Å²) in [6, 6.07) is 0. The van der Waals surface area contributed by atoms with Crippen molar-refractivity contribution in [2.24, 2.45) is 0 Å². The number of carbonyl (C=O) groups excluding carboxylic acids is 1. The van der Waals surface area contributed by atoms with E-state index in [0.717, 1.165) is 38.5 Å². The quantitative estimate of drug-likeness (QED) is 0.0376. The molecule has 0 heterocycles. The van der Waals surface area contributed by atoms with Crippen LogP contribution in [-0.2, 0) is 14.3 Å². The molecule has 0 aromatic heterocycles. The number of allylic oxidation sites excluding steroid dienone is 10. The number of aliphatic hydroxyl groups excluding tert-OH is 1. The molecule has 0 aromatic carbocycles. The molecule has 1 atom stereocenters. The van der Waals surface area contributed by atoms with Gasteiger partial charge in [-0.25, -0.2) is 0 Å². The van der Waals surface area contributed by atoms with E-state index < -0.39 is 6.10 Å². The van der Waals surface area contributed by atoms with E-state index in [1.54, 1.807) is 0 Å². The average molecular weight is 853 g/mol. The highest BCUT2D eigenvalue weighted by molar-refractivity contribution is 5.69. The summed E-state index contributed by atoms with van der Waals surface area (Å²) in [7, 11) is 0. The van der Waals surface area contributed by atoms with Crippen LogP contribution in [0.3, 0.4) is 0 Å². The second-order valence-electron chi connectivity index (χ2n) is 17.9. The van der Waals surface area contributed by atoms with Crippen molar-refractivity contribution in [1.29, 1.82) is 0 Å². The van der Waals surface area contributed by atoms with E-state index in [2.05, 4.69) is 74.6 Å². The normalized spacial score (nSPS) is 12.8. The summed E-state index contributed by atoms with van der Waals surface area (Å²) in [6.07, 6.45) is 73.2. The van der Waals surface area contributed by atoms with Crippen molar-refractivity contribution in [3.8, 4) is 0 Å². The van der Waals surface area contributed by atoms with Crippen LogP contribution >= 0.6 is 0 Å². The first-order valence-electron chi connectivity index (χ1n) is 26.9. The molecule has 0 saturated carbocycles. The summed E-state index contributed by atoms with van der Waals surface area (Å²) >= 11 is 0. The first kappa shape index (κ1) is 59.1. The van der Waals surface area contributed by atoms with Gasteiger partial charge in [-0.1, -0.05) is 242 Å². The lowest BCUT2D eigenvalue weighted by molar-refractivity contribution is -0.154. The van der Waals surface area contributed by atoms with Gasteiger partial charge in [0, 0.05) is 13.0 Å². The first-order chi connectivity index (χ1) is 30.2. The zero-order chi connectivity index (χ0) is 44.0. The molecule has 1 N–H and O–H groups in total. The Morgan fingerprint density at radius 3 is 1.03 bits per heavy atom. The molecular formula is C57H104O4. The highest BCUT2D eigenvalue weighted by atomic mass is 16.6. The molecule has 356 valence electrons. The van der Waals surface area contributed by atoms with Crippen LogP contribution in [0.15, 0.2) is 60.8 Å². The summed E-state index contributed by atoms with van der Waals surface area (Å²) < 4.78 is 11.2. The van der Waals surface area contributed by atoms with Crippen molar-refractivity contribution in [3.63, 3.8) is 0 Å². The van der Waals surface area contributed by atoms with E-state index in [9.17, 15) is 9.90 Å². The molecule has 0 bridgehead atoms. The van der Waals surface area contributed by atoms with Crippen molar-refractivity contribution in [3.05, 3.63) is 60.8 Å². The summed E-state index contributed by atoms with van der Waals surface area (Å²) in [5.41, 5.74) is 0. The average Bonchev–Trinajstić information content (AvgIpc) is 3.27. The van der Waals surface area contributed by atoms with Gasteiger partial charge in [0.2, 0.25) is 0 Å². The molecule has 61 heavy (non-hydrogen) atoms. The van der Waals surface area contributed by atoms with Crippen molar-refractivity contribution < 1.29 is 19.4 Å². The van der Waals surface area contributed by atoms with Gasteiger partial charge in [-0.05, 0) is 83.5 Å². The van der Waals surface area contributed by atoms with Gasteiger partial charge in [0.1, 0.15) is 6.10 Å². The lowest BCUT2D eigenvalue weighted by Crippen LogP contribution is -2.27. The Kier molecular flexibility index (Phi) is 52.5. The van der Waals surface area contributed by atoms with Crippen LogP contribution < -0.4 is 0 Å². The van der Waals surface area contributed by atoms with Crippen LogP contribution in [0.4, 0.5) is 0 Å². The van der Waals surface area contributed by atoms with E-state index in [1.807, 2.05) is 0 Å². The number of aliphatic hydroxyl groups is 1. The van der Waals surface area contributed by atoms with Crippen LogP contribution in [0.1, 0.15) is 271 Å². The van der Waals surface area contributed by atoms with Gasteiger partial charge in [0.15, 0.2) is 0 Å². The van der Waals surface area contributed by atoms with E-state index in [1.165, 1.54) is 212 Å². The molecule has 4 nitrogen and oxygen atoms in total. The molecule has 0 amide bonds. The molecular weight excluding hydrogens is 749 g/mol. The maximum Gasteiger partial charge on any atom is 0.306 e. The number of unbranched alkanes of at least 4 members (excludes halogenated alkanes) is 32. The van der Waals surface area contributed by atoms with Gasteiger partial charge in [-0.2, -0.15) is 0 Å². The van der Waals surface area contributed by atoms with E-state index >= 15 is 0 Å². The Balaban J connectivity index is 3.42. The van der Waals surface area contributed by atoms with Gasteiger partial charge >= 0.3 is 5.97 Å². The topological polar surface area (TPSA) is 55.8 Å². The predicted molar refractivity (Wildman–Crippen MR) is 270 cm³/mol. The maximum absolute atomic E-state index is 12.3. The van der Waals surface area contributed by atoms with Gasteiger partial charge < -0.3 is 14.6 Å². The fourth-order valence-electron chi connectivity index (χ4n) is 7.78. The van der Waals surface area contributed by atoms with Crippen LogP contribution in [-0.4, -0.2) is 37.0 Å². The third-order valence-corrected chi connectivity index (χ3v) is 11.8.